The van der Waals surface area contributed by atoms with Crippen LogP contribution < -0.4 is 32.7 Å². The third kappa shape index (κ3) is 4.15. The first-order chi connectivity index (χ1) is 20.6. The number of ketones is 2. The maximum Gasteiger partial charge on any atom is 0.296 e. The molecule has 6 rings (SSSR count). The monoisotopic (exact) mass is 632 g/mol. The van der Waals surface area contributed by atoms with Crippen molar-refractivity contribution >= 4 is 53.9 Å². The normalized spacial score (nSPS) is 13.7. The Balaban J connectivity index is 1.77. The van der Waals surface area contributed by atoms with Crippen molar-refractivity contribution in [3.63, 3.8) is 0 Å². The summed E-state index contributed by atoms with van der Waals surface area (Å²) in [6.45, 7) is 0. The number of carbonyl (C=O) groups excluding carboxylic acids is 2. The topological polar surface area (TPSA) is 251 Å². The number of anilines is 2. The van der Waals surface area contributed by atoms with Gasteiger partial charge in [0.2, 0.25) is 0 Å². The lowest BCUT2D eigenvalue weighted by Gasteiger charge is -2.22. The molecule has 0 atom stereocenters. The molecule has 0 spiro atoms. The van der Waals surface area contributed by atoms with Crippen molar-refractivity contribution < 1.29 is 35.5 Å². The lowest BCUT2D eigenvalue weighted by atomic mass is 9.82. The Labute approximate surface area is 245 Å². The van der Waals surface area contributed by atoms with Crippen molar-refractivity contribution in [3.05, 3.63) is 125 Å². The maximum absolute atomic E-state index is 13.6. The summed E-state index contributed by atoms with van der Waals surface area (Å²) in [5.74, 6) is -1.63. The molecule has 0 bridgehead atoms. The lowest BCUT2D eigenvalue weighted by Crippen LogP contribution is -2.32. The van der Waals surface area contributed by atoms with Gasteiger partial charge < -0.3 is 5.73 Å². The van der Waals surface area contributed by atoms with Crippen LogP contribution in [-0.4, -0.2) is 37.5 Å². The first kappa shape index (κ1) is 28.7. The second kappa shape index (κ2) is 9.55. The van der Waals surface area contributed by atoms with Crippen molar-refractivity contribution in [2.24, 2.45) is 5.10 Å². The van der Waals surface area contributed by atoms with E-state index in [9.17, 15) is 45.1 Å². The summed E-state index contributed by atoms with van der Waals surface area (Å²) >= 11 is 0. The van der Waals surface area contributed by atoms with Crippen LogP contribution in [0.15, 0.2) is 85.1 Å². The number of benzene rings is 3. The fourth-order valence-corrected chi connectivity index (χ4v) is 6.57. The van der Waals surface area contributed by atoms with E-state index in [-0.39, 0.29) is 21.9 Å². The van der Waals surface area contributed by atoms with Crippen LogP contribution in [0.3, 0.4) is 0 Å². The number of nitrogens with one attached hydrogen (secondary N) is 2. The molecule has 6 N–H and O–H groups in total. The van der Waals surface area contributed by atoms with Crippen molar-refractivity contribution in [3.8, 4) is 0 Å². The Morgan fingerprint density at radius 1 is 0.705 bits per heavy atom. The molecule has 0 unspecified atom stereocenters. The number of nitrogens with two attached hydrogens (primary N) is 1. The molecule has 0 heterocycles. The van der Waals surface area contributed by atoms with Gasteiger partial charge in [0.15, 0.2) is 22.4 Å². The van der Waals surface area contributed by atoms with E-state index in [1.165, 1.54) is 48.5 Å². The van der Waals surface area contributed by atoms with Crippen LogP contribution >= 0.6 is 0 Å². The van der Waals surface area contributed by atoms with Gasteiger partial charge in [-0.3, -0.25) is 39.1 Å². The van der Waals surface area contributed by atoms with Gasteiger partial charge in [-0.2, -0.15) is 21.9 Å². The fraction of sp³-hybridized carbons (Fsp3) is 0. The Kier molecular flexibility index (Phi) is 6.22. The van der Waals surface area contributed by atoms with Crippen LogP contribution in [0.4, 0.5) is 11.4 Å². The first-order valence-electron chi connectivity index (χ1n) is 12.3. The first-order valence-corrected chi connectivity index (χ1v) is 15.2. The summed E-state index contributed by atoms with van der Waals surface area (Å²) in [6.07, 6.45) is 0. The average Bonchev–Trinajstić information content (AvgIpc) is 2.96. The predicted molar refractivity (Wildman–Crippen MR) is 153 cm³/mol. The van der Waals surface area contributed by atoms with E-state index in [4.69, 9.17) is 11.1 Å². The number of nitrogens with zero attached hydrogens (tertiary/aromatic N) is 1. The van der Waals surface area contributed by atoms with Crippen LogP contribution in [0, 0.1) is 15.8 Å². The number of rotatable bonds is 4. The van der Waals surface area contributed by atoms with Crippen molar-refractivity contribution in [2.75, 3.05) is 11.2 Å². The largest absolute Gasteiger partial charge is 0.398 e. The Morgan fingerprint density at radius 3 is 1.75 bits per heavy atom. The molecule has 3 aromatic carbocycles. The molecular weight excluding hydrogens is 616 g/mol. The molecule has 0 aliphatic heterocycles. The fourth-order valence-electron chi connectivity index (χ4n) is 5.27. The summed E-state index contributed by atoms with van der Waals surface area (Å²) in [7, 11) is -10.4. The predicted octanol–water partition coefficient (Wildman–Crippen LogP) is 0.419. The molecule has 0 aromatic heterocycles. The smallest absolute Gasteiger partial charge is 0.296 e. The Bertz CT molecular complexity index is 2700. The summed E-state index contributed by atoms with van der Waals surface area (Å²) in [4.78, 5) is 51.8. The quantitative estimate of drug-likeness (QED) is 0.101. The molecule has 3 aromatic rings. The van der Waals surface area contributed by atoms with Gasteiger partial charge in [-0.05, 0) is 12.1 Å². The summed E-state index contributed by atoms with van der Waals surface area (Å²) < 4.78 is 69.0. The second-order valence-corrected chi connectivity index (χ2v) is 12.5. The summed E-state index contributed by atoms with van der Waals surface area (Å²) in [6, 6.07) is 12.4. The van der Waals surface area contributed by atoms with Gasteiger partial charge in [0.1, 0.15) is 9.79 Å². The van der Waals surface area contributed by atoms with Gasteiger partial charge >= 0.3 is 0 Å². The summed E-state index contributed by atoms with van der Waals surface area (Å²) in [5.41, 5.74) is 4.04. The minimum atomic E-state index is -5.18. The molecule has 220 valence electrons. The van der Waals surface area contributed by atoms with Crippen LogP contribution in [-0.2, 0) is 20.2 Å². The zero-order valence-electron chi connectivity index (χ0n) is 21.8. The second-order valence-electron chi connectivity index (χ2n) is 9.69. The highest BCUT2D eigenvalue weighted by molar-refractivity contribution is 7.86. The molecule has 3 aliphatic carbocycles. The summed E-state index contributed by atoms with van der Waals surface area (Å²) in [5, 5.41) is 9.09. The Hall–Kier alpha value is -5.42. The van der Waals surface area contributed by atoms with Crippen molar-refractivity contribution in [2.45, 2.75) is 9.79 Å². The van der Waals surface area contributed by atoms with Gasteiger partial charge in [0.25, 0.3) is 20.2 Å². The number of carbonyl (C=O) groups is 2. The van der Waals surface area contributed by atoms with E-state index < -0.39 is 96.1 Å². The molecule has 14 nitrogen and oxygen atoms in total. The van der Waals surface area contributed by atoms with E-state index in [2.05, 4.69) is 10.5 Å². The van der Waals surface area contributed by atoms with Crippen LogP contribution in [0.25, 0.3) is 10.8 Å². The molecule has 3 aliphatic rings. The highest BCUT2D eigenvalue weighted by atomic mass is 32.2. The molecule has 0 saturated heterocycles. The lowest BCUT2D eigenvalue weighted by molar-refractivity contribution is 0.0980. The third-order valence-electron chi connectivity index (χ3n) is 7.18. The molecular formula is C28H16N4O10S2. The van der Waals surface area contributed by atoms with Gasteiger partial charge in [-0.25, -0.2) is 0 Å². The van der Waals surface area contributed by atoms with E-state index in [0.717, 1.165) is 0 Å². The number of hydrogen-bond acceptors (Lipinski definition) is 12. The molecule has 0 fully saturated rings. The van der Waals surface area contributed by atoms with Crippen LogP contribution in [0.5, 0.6) is 0 Å². The maximum atomic E-state index is 13.6. The van der Waals surface area contributed by atoms with Gasteiger partial charge in [-0.1, -0.05) is 48.5 Å². The molecule has 0 radical (unpaired) electrons. The van der Waals surface area contributed by atoms with Crippen molar-refractivity contribution in [1.29, 1.82) is 5.41 Å². The van der Waals surface area contributed by atoms with Gasteiger partial charge in [-0.15, -0.1) is 0 Å². The van der Waals surface area contributed by atoms with E-state index in [0.29, 0.717) is 12.1 Å². The standard InChI is InChI=1S/C28H16N4O10S2/c29-15-9-18(44(40,41)42)24(22-19(15)25(33)11-5-1-4-8-14(11)28(22)36)32-31-16-10-17(43(37,38)39)23(30)21-20(16)26(34)12-6-2-3-7-13(12)27(21)35/h1-10,30,32H,29H2,(H,37,38,39)(H,40,41,42)/b30-23?,31-16+. The van der Waals surface area contributed by atoms with Gasteiger partial charge in [0, 0.05) is 27.6 Å². The molecule has 44 heavy (non-hydrogen) atoms. The SMILES string of the molecule is N=c1c(S(=O)(=O)O)c/c(=N\Nc2c(S(=O)(=O)O)cc(N)c3c2C(=O)c2ccccc2C3=O)c2c(=O)c3ccccc3c(=O)c1=2. The van der Waals surface area contributed by atoms with Crippen molar-refractivity contribution in [1.82, 2.24) is 0 Å². The van der Waals surface area contributed by atoms with E-state index in [1.807, 2.05) is 0 Å². The molecule has 0 saturated carbocycles. The highest BCUT2D eigenvalue weighted by Crippen LogP contribution is 2.39. The van der Waals surface area contributed by atoms with Crippen LogP contribution in [0.2, 0.25) is 0 Å². The number of fused-ring (bicyclic) bond motifs is 3. The Morgan fingerprint density at radius 2 is 1.20 bits per heavy atom. The number of hydrogen-bond donors (Lipinski definition) is 5. The minimum absolute atomic E-state index is 0.0279. The third-order valence-corrected chi connectivity index (χ3v) is 8.93. The molecule has 0 amide bonds. The van der Waals surface area contributed by atoms with Crippen LogP contribution in [0.1, 0.15) is 31.8 Å². The average molecular weight is 633 g/mol. The zero-order chi connectivity index (χ0) is 31.9. The van der Waals surface area contributed by atoms with E-state index in [1.54, 1.807) is 0 Å². The van der Waals surface area contributed by atoms with Gasteiger partial charge in [0.05, 0.1) is 38.0 Å². The number of nitrogen functional groups attached to an aromatic ring is 1. The van der Waals surface area contributed by atoms with E-state index >= 15 is 0 Å². The minimum Gasteiger partial charge on any atom is -0.398 e. The highest BCUT2D eigenvalue weighted by Gasteiger charge is 2.36. The molecule has 16 heteroatoms. The zero-order valence-corrected chi connectivity index (χ0v) is 23.4.